The van der Waals surface area contributed by atoms with Crippen LogP contribution >= 0.6 is 11.8 Å². The van der Waals surface area contributed by atoms with Crippen molar-refractivity contribution in [1.82, 2.24) is 5.32 Å². The van der Waals surface area contributed by atoms with Crippen molar-refractivity contribution in [2.45, 2.75) is 32.6 Å². The molecule has 1 N–H and O–H groups in total. The molecule has 2 aliphatic rings. The van der Waals surface area contributed by atoms with Crippen LogP contribution in [0.5, 0.6) is 0 Å². The molecule has 0 bridgehead atoms. The summed E-state index contributed by atoms with van der Waals surface area (Å²) in [6.45, 7) is 2.01. The van der Waals surface area contributed by atoms with Crippen molar-refractivity contribution in [3.8, 4) is 12.1 Å². The molecule has 1 spiro atoms. The van der Waals surface area contributed by atoms with Gasteiger partial charge in [0.2, 0.25) is 5.91 Å². The zero-order valence-electron chi connectivity index (χ0n) is 12.3. The van der Waals surface area contributed by atoms with Crippen LogP contribution in [0, 0.1) is 34.0 Å². The van der Waals surface area contributed by atoms with Crippen LogP contribution < -0.4 is 5.32 Å². The molecule has 1 amide bonds. The maximum absolute atomic E-state index is 12.2. The number of esters is 1. The Labute approximate surface area is 133 Å². The van der Waals surface area contributed by atoms with Gasteiger partial charge in [-0.25, -0.2) is 0 Å². The molecule has 0 aromatic carbocycles. The quantitative estimate of drug-likeness (QED) is 0.793. The first-order chi connectivity index (χ1) is 10.6. The molecule has 0 aromatic heterocycles. The summed E-state index contributed by atoms with van der Waals surface area (Å²) >= 11 is 1.10. The normalized spacial score (nSPS) is 22.9. The molecule has 1 aliphatic carbocycles. The second-order valence-corrected chi connectivity index (χ2v) is 6.31. The average molecular weight is 319 g/mol. The van der Waals surface area contributed by atoms with E-state index in [1.165, 1.54) is 0 Å². The van der Waals surface area contributed by atoms with Crippen LogP contribution in [0.15, 0.2) is 10.6 Å². The highest BCUT2D eigenvalue weighted by Gasteiger charge is 2.52. The predicted octanol–water partition coefficient (Wildman–Crippen LogP) is 1.85. The Hall–Kier alpha value is -1.99. The molecule has 6 nitrogen and oxygen atoms in total. The zero-order chi connectivity index (χ0) is 16.2. The molecule has 7 heteroatoms. The molecule has 0 saturated heterocycles. The number of carbonyl (C=O) groups excluding carboxylic acids is 2. The first-order valence-electron chi connectivity index (χ1n) is 7.22. The van der Waals surface area contributed by atoms with Crippen LogP contribution in [0.4, 0.5) is 0 Å². The van der Waals surface area contributed by atoms with Gasteiger partial charge in [-0.2, -0.15) is 10.5 Å². The maximum Gasteiger partial charge on any atom is 0.316 e. The minimum atomic E-state index is -0.836. The summed E-state index contributed by atoms with van der Waals surface area (Å²) in [7, 11) is 0. The molecule has 1 atom stereocenters. The van der Waals surface area contributed by atoms with Gasteiger partial charge in [0.15, 0.2) is 0 Å². The number of allylic oxidation sites excluding steroid dienone is 1. The second-order valence-electron chi connectivity index (χ2n) is 5.32. The highest BCUT2D eigenvalue weighted by Crippen LogP contribution is 2.53. The Balaban J connectivity index is 2.32. The van der Waals surface area contributed by atoms with Crippen molar-refractivity contribution in [3.05, 3.63) is 10.6 Å². The summed E-state index contributed by atoms with van der Waals surface area (Å²) in [4.78, 5) is 23.7. The zero-order valence-corrected chi connectivity index (χ0v) is 13.2. The third kappa shape index (κ3) is 2.82. The molecule has 0 aromatic rings. The van der Waals surface area contributed by atoms with Crippen LogP contribution in [-0.2, 0) is 14.3 Å². The smallest absolute Gasteiger partial charge is 0.316 e. The number of nitrogens with one attached hydrogen (secondary N) is 1. The fourth-order valence-corrected chi connectivity index (χ4v) is 4.11. The van der Waals surface area contributed by atoms with E-state index in [9.17, 15) is 20.1 Å². The molecular weight excluding hydrogens is 302 g/mol. The number of hydrogen-bond acceptors (Lipinski definition) is 6. The van der Waals surface area contributed by atoms with E-state index >= 15 is 0 Å². The topological polar surface area (TPSA) is 103 Å². The highest BCUT2D eigenvalue weighted by atomic mass is 32.2. The Morgan fingerprint density at radius 3 is 2.68 bits per heavy atom. The summed E-state index contributed by atoms with van der Waals surface area (Å²) in [5.74, 6) is -1.58. The van der Waals surface area contributed by atoms with Gasteiger partial charge < -0.3 is 10.1 Å². The van der Waals surface area contributed by atoms with E-state index in [0.717, 1.165) is 24.6 Å². The van der Waals surface area contributed by atoms with Gasteiger partial charge in [0.05, 0.1) is 35.1 Å². The Morgan fingerprint density at radius 2 is 2.14 bits per heavy atom. The number of rotatable bonds is 4. The van der Waals surface area contributed by atoms with Gasteiger partial charge in [0.1, 0.15) is 5.92 Å². The maximum atomic E-state index is 12.2. The number of carbonyl (C=O) groups is 2. The van der Waals surface area contributed by atoms with Crippen molar-refractivity contribution in [3.63, 3.8) is 0 Å². The molecule has 2 rings (SSSR count). The third-order valence-corrected chi connectivity index (χ3v) is 5.13. The van der Waals surface area contributed by atoms with E-state index < -0.39 is 17.3 Å². The van der Waals surface area contributed by atoms with E-state index in [1.54, 1.807) is 6.92 Å². The van der Waals surface area contributed by atoms with E-state index in [0.29, 0.717) is 23.4 Å². The molecule has 22 heavy (non-hydrogen) atoms. The molecule has 116 valence electrons. The van der Waals surface area contributed by atoms with Crippen LogP contribution in [0.25, 0.3) is 0 Å². The summed E-state index contributed by atoms with van der Waals surface area (Å²) in [6, 6.07) is 4.23. The first-order valence-corrected chi connectivity index (χ1v) is 8.21. The van der Waals surface area contributed by atoms with Gasteiger partial charge in [-0.15, -0.1) is 0 Å². The lowest BCUT2D eigenvalue weighted by Crippen LogP contribution is -2.46. The number of ether oxygens (including phenoxy) is 1. The third-order valence-electron chi connectivity index (χ3n) is 4.15. The summed E-state index contributed by atoms with van der Waals surface area (Å²) in [5.41, 5.74) is -0.256. The fourth-order valence-electron chi connectivity index (χ4n) is 3.20. The lowest BCUT2D eigenvalue weighted by molar-refractivity contribution is -0.139. The standard InChI is InChI=1S/C15H17N3O3S/c1-2-21-12(19)9-22-14-11(8-17)15(5-3-4-6-15)10(7-16)13(20)18-14/h10H,2-6,9H2,1H3,(H,18,20)/t10-/m0/s1. The predicted molar refractivity (Wildman–Crippen MR) is 79.9 cm³/mol. The van der Waals surface area contributed by atoms with Gasteiger partial charge in [-0.1, -0.05) is 24.6 Å². The summed E-state index contributed by atoms with van der Waals surface area (Å²) in [6.07, 6.45) is 3.11. The average Bonchev–Trinajstić information content (AvgIpc) is 2.95. The monoisotopic (exact) mass is 319 g/mol. The number of thioether (sulfide) groups is 1. The number of hydrogen-bond donors (Lipinski definition) is 1. The second kappa shape index (κ2) is 6.85. The lowest BCUT2D eigenvalue weighted by Gasteiger charge is -2.37. The minimum Gasteiger partial charge on any atom is -0.465 e. The highest BCUT2D eigenvalue weighted by molar-refractivity contribution is 8.03. The van der Waals surface area contributed by atoms with Gasteiger partial charge in [-0.3, -0.25) is 9.59 Å². The molecule has 1 fully saturated rings. The Bertz CT molecular complexity index is 594. The van der Waals surface area contributed by atoms with Gasteiger partial charge >= 0.3 is 5.97 Å². The number of amides is 1. The van der Waals surface area contributed by atoms with Gasteiger partial charge in [0.25, 0.3) is 0 Å². The van der Waals surface area contributed by atoms with E-state index in [4.69, 9.17) is 4.74 Å². The van der Waals surface area contributed by atoms with E-state index in [-0.39, 0.29) is 18.3 Å². The number of nitrogens with zero attached hydrogens (tertiary/aromatic N) is 2. The minimum absolute atomic E-state index is 0.0297. The van der Waals surface area contributed by atoms with Crippen LogP contribution in [0.1, 0.15) is 32.6 Å². The van der Waals surface area contributed by atoms with E-state index in [2.05, 4.69) is 17.5 Å². The SMILES string of the molecule is CCOC(=O)CSC1=C(C#N)C2(CCCC2)[C@@H](C#N)C(=O)N1. The van der Waals surface area contributed by atoms with Crippen LogP contribution in [0.3, 0.4) is 0 Å². The molecule has 1 saturated carbocycles. The van der Waals surface area contributed by atoms with Crippen LogP contribution in [0.2, 0.25) is 0 Å². The Morgan fingerprint density at radius 1 is 1.45 bits per heavy atom. The van der Waals surface area contributed by atoms with E-state index in [1.807, 2.05) is 0 Å². The van der Waals surface area contributed by atoms with Gasteiger partial charge in [-0.05, 0) is 19.8 Å². The number of nitriles is 2. The Kier molecular flexibility index (Phi) is 5.10. The fraction of sp³-hybridized carbons (Fsp3) is 0.600. The molecule has 0 radical (unpaired) electrons. The van der Waals surface area contributed by atoms with Crippen LogP contribution in [-0.4, -0.2) is 24.2 Å². The van der Waals surface area contributed by atoms with Crippen molar-refractivity contribution < 1.29 is 14.3 Å². The first kappa shape index (κ1) is 16.4. The molecule has 1 aliphatic heterocycles. The van der Waals surface area contributed by atoms with Crippen molar-refractivity contribution in [2.75, 3.05) is 12.4 Å². The largest absolute Gasteiger partial charge is 0.465 e. The lowest BCUT2D eigenvalue weighted by atomic mass is 9.67. The van der Waals surface area contributed by atoms with Crippen molar-refractivity contribution in [1.29, 1.82) is 10.5 Å². The van der Waals surface area contributed by atoms with Crippen molar-refractivity contribution in [2.24, 2.45) is 11.3 Å². The molecule has 1 heterocycles. The van der Waals surface area contributed by atoms with Crippen molar-refractivity contribution >= 4 is 23.6 Å². The summed E-state index contributed by atoms with van der Waals surface area (Å²) in [5, 5.41) is 21.9. The summed E-state index contributed by atoms with van der Waals surface area (Å²) < 4.78 is 4.86. The molecule has 0 unspecified atom stereocenters. The van der Waals surface area contributed by atoms with Gasteiger partial charge in [0, 0.05) is 5.41 Å². The molecular formula is C15H17N3O3S.